The monoisotopic (exact) mass is 220 g/mol. The Balaban J connectivity index is 2.18. The van der Waals surface area contributed by atoms with Crippen LogP contribution in [0.2, 0.25) is 0 Å². The van der Waals surface area contributed by atoms with Gasteiger partial charge in [-0.2, -0.15) is 0 Å². The molecule has 0 amide bonds. The molecular weight excluding hydrogens is 196 g/mol. The lowest BCUT2D eigenvalue weighted by atomic mass is 9.52. The van der Waals surface area contributed by atoms with E-state index >= 15 is 0 Å². The lowest BCUT2D eigenvalue weighted by Gasteiger charge is -2.52. The molecule has 1 N–H and O–H groups in total. The van der Waals surface area contributed by atoms with E-state index in [-0.39, 0.29) is 6.10 Å². The molecule has 1 nitrogen and oxygen atoms in total. The van der Waals surface area contributed by atoms with Gasteiger partial charge < -0.3 is 5.11 Å². The van der Waals surface area contributed by atoms with Crippen molar-refractivity contribution in [1.82, 2.24) is 0 Å². The van der Waals surface area contributed by atoms with E-state index < -0.39 is 0 Å². The molecule has 1 fully saturated rings. The third kappa shape index (κ3) is 1.98. The number of fused-ring (bicyclic) bond motifs is 1. The van der Waals surface area contributed by atoms with Crippen molar-refractivity contribution >= 4 is 0 Å². The summed E-state index contributed by atoms with van der Waals surface area (Å²) in [5.41, 5.74) is 2.97. The second-order valence-corrected chi connectivity index (χ2v) is 6.30. The highest BCUT2D eigenvalue weighted by Gasteiger charge is 2.47. The standard InChI is InChI=1S/C15H24O/c1-10-6-8-14(16)11(2)5-7-13-12(10)9-15(13,3)4/h5,12-14,16H,1,6-9H2,2-4H3/b11-5-/t12-,13-,14-/m0/s1. The number of allylic oxidation sites excluding steroid dienone is 2. The average molecular weight is 220 g/mol. The Morgan fingerprint density at radius 2 is 2.12 bits per heavy atom. The molecule has 0 bridgehead atoms. The van der Waals surface area contributed by atoms with E-state index in [4.69, 9.17) is 0 Å². The lowest BCUT2D eigenvalue weighted by Crippen LogP contribution is -2.44. The molecule has 0 spiro atoms. The van der Waals surface area contributed by atoms with Crippen LogP contribution in [0.25, 0.3) is 0 Å². The van der Waals surface area contributed by atoms with Crippen LogP contribution in [-0.4, -0.2) is 11.2 Å². The Kier molecular flexibility index (Phi) is 3.00. The minimum atomic E-state index is -0.252. The first-order valence-corrected chi connectivity index (χ1v) is 6.44. The first-order chi connectivity index (χ1) is 7.42. The molecular formula is C15H24O. The van der Waals surface area contributed by atoms with Gasteiger partial charge in [0, 0.05) is 0 Å². The van der Waals surface area contributed by atoms with Gasteiger partial charge in [0.05, 0.1) is 6.10 Å². The Morgan fingerprint density at radius 1 is 1.44 bits per heavy atom. The molecule has 2 rings (SSSR count). The van der Waals surface area contributed by atoms with Gasteiger partial charge in [-0.15, -0.1) is 0 Å². The summed E-state index contributed by atoms with van der Waals surface area (Å²) in [4.78, 5) is 0. The van der Waals surface area contributed by atoms with E-state index in [0.29, 0.717) is 11.3 Å². The molecule has 90 valence electrons. The van der Waals surface area contributed by atoms with Crippen molar-refractivity contribution in [3.63, 3.8) is 0 Å². The van der Waals surface area contributed by atoms with E-state index in [2.05, 4.69) is 33.4 Å². The minimum absolute atomic E-state index is 0.252. The molecule has 1 heteroatoms. The van der Waals surface area contributed by atoms with E-state index in [1.54, 1.807) is 0 Å². The molecule has 2 aliphatic rings. The molecule has 0 radical (unpaired) electrons. The molecule has 0 saturated heterocycles. The summed E-state index contributed by atoms with van der Waals surface area (Å²) < 4.78 is 0. The first-order valence-electron chi connectivity index (χ1n) is 6.44. The number of hydrogen-bond donors (Lipinski definition) is 1. The number of rotatable bonds is 0. The molecule has 2 aliphatic carbocycles. The second-order valence-electron chi connectivity index (χ2n) is 6.30. The third-order valence-electron chi connectivity index (χ3n) is 4.72. The summed E-state index contributed by atoms with van der Waals surface area (Å²) in [6.45, 7) is 11.0. The molecule has 1 saturated carbocycles. The van der Waals surface area contributed by atoms with Crippen LogP contribution in [0.3, 0.4) is 0 Å². The van der Waals surface area contributed by atoms with Crippen molar-refractivity contribution in [2.75, 3.05) is 0 Å². The SMILES string of the molecule is C=C1CC[C@H](O)/C(C)=C\C[C@H]2[C@H]1CC2(C)C. The summed E-state index contributed by atoms with van der Waals surface area (Å²) in [6.07, 6.45) is 6.23. The molecule has 3 atom stereocenters. The largest absolute Gasteiger partial charge is 0.389 e. The number of aliphatic hydroxyl groups excluding tert-OH is 1. The fourth-order valence-corrected chi connectivity index (χ4v) is 3.34. The summed E-state index contributed by atoms with van der Waals surface area (Å²) in [6, 6.07) is 0. The molecule has 0 aliphatic heterocycles. The van der Waals surface area contributed by atoms with Crippen molar-refractivity contribution in [2.45, 2.75) is 52.6 Å². The highest BCUT2D eigenvalue weighted by molar-refractivity contribution is 5.18. The molecule has 16 heavy (non-hydrogen) atoms. The summed E-state index contributed by atoms with van der Waals surface area (Å²) in [5.74, 6) is 1.43. The van der Waals surface area contributed by atoms with Crippen molar-refractivity contribution in [3.05, 3.63) is 23.8 Å². The van der Waals surface area contributed by atoms with E-state index in [9.17, 15) is 5.11 Å². The van der Waals surface area contributed by atoms with Gasteiger partial charge in [-0.25, -0.2) is 0 Å². The topological polar surface area (TPSA) is 20.2 Å². The molecule has 0 heterocycles. The van der Waals surface area contributed by atoms with Crippen LogP contribution in [0.4, 0.5) is 0 Å². The Bertz CT molecular complexity index is 324. The van der Waals surface area contributed by atoms with Crippen LogP contribution in [0.15, 0.2) is 23.8 Å². The number of hydrogen-bond acceptors (Lipinski definition) is 1. The van der Waals surface area contributed by atoms with E-state index in [1.165, 1.54) is 12.0 Å². The van der Waals surface area contributed by atoms with Gasteiger partial charge in [0.2, 0.25) is 0 Å². The summed E-state index contributed by atoms with van der Waals surface area (Å²) in [5, 5.41) is 9.94. The number of aliphatic hydroxyl groups is 1. The normalized spacial score (nSPS) is 41.9. The van der Waals surface area contributed by atoms with Crippen molar-refractivity contribution < 1.29 is 5.11 Å². The van der Waals surface area contributed by atoms with Crippen LogP contribution in [-0.2, 0) is 0 Å². The molecule has 0 aromatic rings. The molecule has 0 aromatic carbocycles. The first kappa shape index (κ1) is 11.9. The van der Waals surface area contributed by atoms with Crippen molar-refractivity contribution in [2.24, 2.45) is 17.3 Å². The van der Waals surface area contributed by atoms with Gasteiger partial charge in [-0.3, -0.25) is 0 Å². The summed E-state index contributed by atoms with van der Waals surface area (Å²) in [7, 11) is 0. The van der Waals surface area contributed by atoms with Gasteiger partial charge >= 0.3 is 0 Å². The fraction of sp³-hybridized carbons (Fsp3) is 0.733. The predicted molar refractivity (Wildman–Crippen MR) is 68.1 cm³/mol. The van der Waals surface area contributed by atoms with Crippen LogP contribution in [0.1, 0.15) is 46.5 Å². The van der Waals surface area contributed by atoms with Gasteiger partial charge in [-0.05, 0) is 55.4 Å². The van der Waals surface area contributed by atoms with Gasteiger partial charge in [0.1, 0.15) is 0 Å². The van der Waals surface area contributed by atoms with Crippen LogP contribution < -0.4 is 0 Å². The zero-order valence-corrected chi connectivity index (χ0v) is 10.8. The van der Waals surface area contributed by atoms with Crippen LogP contribution in [0, 0.1) is 17.3 Å². The van der Waals surface area contributed by atoms with Crippen molar-refractivity contribution in [1.29, 1.82) is 0 Å². The summed E-state index contributed by atoms with van der Waals surface area (Å²) >= 11 is 0. The maximum Gasteiger partial charge on any atom is 0.0750 e. The zero-order valence-electron chi connectivity index (χ0n) is 10.8. The van der Waals surface area contributed by atoms with E-state index in [0.717, 1.165) is 30.8 Å². The van der Waals surface area contributed by atoms with Gasteiger partial charge in [-0.1, -0.05) is 32.1 Å². The maximum absolute atomic E-state index is 9.94. The second kappa shape index (κ2) is 4.03. The Hall–Kier alpha value is -0.560. The zero-order chi connectivity index (χ0) is 11.9. The smallest absolute Gasteiger partial charge is 0.0750 e. The fourth-order valence-electron chi connectivity index (χ4n) is 3.34. The lowest BCUT2D eigenvalue weighted by molar-refractivity contribution is 0.0119. The maximum atomic E-state index is 9.94. The minimum Gasteiger partial charge on any atom is -0.389 e. The quantitative estimate of drug-likeness (QED) is 0.617. The molecule has 0 aromatic heterocycles. The molecule has 0 unspecified atom stereocenters. The Labute approximate surface area is 99.3 Å². The van der Waals surface area contributed by atoms with Gasteiger partial charge in [0.15, 0.2) is 0 Å². The Morgan fingerprint density at radius 3 is 2.75 bits per heavy atom. The predicted octanol–water partition coefficient (Wildman–Crippen LogP) is 3.70. The highest BCUT2D eigenvalue weighted by atomic mass is 16.3. The van der Waals surface area contributed by atoms with Crippen LogP contribution in [0.5, 0.6) is 0 Å². The highest BCUT2D eigenvalue weighted by Crippen LogP contribution is 2.56. The average Bonchev–Trinajstić information content (AvgIpc) is 2.24. The van der Waals surface area contributed by atoms with Crippen molar-refractivity contribution in [3.8, 4) is 0 Å². The third-order valence-corrected chi connectivity index (χ3v) is 4.72. The van der Waals surface area contributed by atoms with E-state index in [1.807, 2.05) is 0 Å². The van der Waals surface area contributed by atoms with Crippen LogP contribution >= 0.6 is 0 Å². The van der Waals surface area contributed by atoms with Gasteiger partial charge in [0.25, 0.3) is 0 Å².